The van der Waals surface area contributed by atoms with E-state index in [0.717, 1.165) is 12.8 Å². The Morgan fingerprint density at radius 1 is 1.20 bits per heavy atom. The zero-order chi connectivity index (χ0) is 11.6. The molecule has 1 aliphatic rings. The summed E-state index contributed by atoms with van der Waals surface area (Å²) in [7, 11) is 2.16. The lowest BCUT2D eigenvalue weighted by Gasteiger charge is -2.43. The van der Waals surface area contributed by atoms with Gasteiger partial charge in [0.05, 0.1) is 6.10 Å². The normalized spacial score (nSPS) is 30.6. The van der Waals surface area contributed by atoms with Crippen molar-refractivity contribution >= 4 is 0 Å². The smallest absolute Gasteiger partial charge is 0.0695 e. The van der Waals surface area contributed by atoms with Gasteiger partial charge in [0.2, 0.25) is 0 Å². The van der Waals surface area contributed by atoms with Gasteiger partial charge >= 0.3 is 0 Å². The van der Waals surface area contributed by atoms with Gasteiger partial charge in [-0.3, -0.25) is 4.90 Å². The van der Waals surface area contributed by atoms with Crippen LogP contribution in [0.5, 0.6) is 0 Å². The third kappa shape index (κ3) is 3.18. The summed E-state index contributed by atoms with van der Waals surface area (Å²) >= 11 is 0. The number of rotatable bonds is 2. The fraction of sp³-hybridized carbons (Fsp3) is 1.00. The van der Waals surface area contributed by atoms with E-state index in [1.165, 1.54) is 12.8 Å². The van der Waals surface area contributed by atoms with Crippen LogP contribution in [-0.4, -0.2) is 35.2 Å². The van der Waals surface area contributed by atoms with E-state index in [2.05, 4.69) is 39.6 Å². The van der Waals surface area contributed by atoms with Crippen molar-refractivity contribution in [2.45, 2.75) is 71.6 Å². The summed E-state index contributed by atoms with van der Waals surface area (Å²) < 4.78 is 0. The molecule has 1 saturated carbocycles. The molecule has 0 bridgehead atoms. The van der Waals surface area contributed by atoms with Crippen molar-refractivity contribution < 1.29 is 5.11 Å². The van der Waals surface area contributed by atoms with Crippen molar-refractivity contribution in [1.82, 2.24) is 4.90 Å². The molecule has 0 radical (unpaired) electrons. The quantitative estimate of drug-likeness (QED) is 0.762. The highest BCUT2D eigenvalue weighted by Crippen LogP contribution is 2.29. The Bertz CT molecular complexity index is 197. The van der Waals surface area contributed by atoms with Gasteiger partial charge in [0, 0.05) is 12.1 Å². The Kier molecular flexibility index (Phi) is 4.19. The highest BCUT2D eigenvalue weighted by molar-refractivity contribution is 4.87. The number of aliphatic hydroxyl groups excluding tert-OH is 1. The highest BCUT2D eigenvalue weighted by Gasteiger charge is 2.33. The van der Waals surface area contributed by atoms with E-state index in [9.17, 15) is 5.11 Å². The van der Waals surface area contributed by atoms with Crippen molar-refractivity contribution in [1.29, 1.82) is 0 Å². The molecule has 15 heavy (non-hydrogen) atoms. The van der Waals surface area contributed by atoms with Crippen LogP contribution < -0.4 is 0 Å². The molecule has 0 heterocycles. The van der Waals surface area contributed by atoms with Crippen LogP contribution in [0.1, 0.15) is 53.4 Å². The molecule has 0 aromatic rings. The predicted molar refractivity (Wildman–Crippen MR) is 64.9 cm³/mol. The molecule has 2 nitrogen and oxygen atoms in total. The van der Waals surface area contributed by atoms with Gasteiger partial charge in [-0.25, -0.2) is 0 Å². The first-order valence-electron chi connectivity index (χ1n) is 6.24. The number of hydrogen-bond acceptors (Lipinski definition) is 2. The maximum absolute atomic E-state index is 10.0. The van der Waals surface area contributed by atoms with Crippen LogP contribution in [0.25, 0.3) is 0 Å². The van der Waals surface area contributed by atoms with E-state index >= 15 is 0 Å². The minimum absolute atomic E-state index is 0.117. The van der Waals surface area contributed by atoms with Crippen LogP contribution in [-0.2, 0) is 0 Å². The predicted octanol–water partition coefficient (Wildman–Crippen LogP) is 2.66. The van der Waals surface area contributed by atoms with Gasteiger partial charge in [-0.15, -0.1) is 0 Å². The van der Waals surface area contributed by atoms with Gasteiger partial charge in [0.25, 0.3) is 0 Å². The van der Waals surface area contributed by atoms with E-state index in [-0.39, 0.29) is 11.5 Å². The Hall–Kier alpha value is -0.0800. The lowest BCUT2D eigenvalue weighted by atomic mass is 9.84. The Morgan fingerprint density at radius 2 is 1.73 bits per heavy atom. The number of aliphatic hydroxyl groups is 1. The first-order valence-corrected chi connectivity index (χ1v) is 6.24. The van der Waals surface area contributed by atoms with Gasteiger partial charge in [0.15, 0.2) is 0 Å². The largest absolute Gasteiger partial charge is 0.391 e. The molecule has 1 rings (SSSR count). The second-order valence-corrected chi connectivity index (χ2v) is 6.13. The topological polar surface area (TPSA) is 23.5 Å². The summed E-state index contributed by atoms with van der Waals surface area (Å²) in [6.45, 7) is 9.07. The van der Waals surface area contributed by atoms with Gasteiger partial charge < -0.3 is 5.11 Å². The molecule has 0 spiro atoms. The monoisotopic (exact) mass is 213 g/mol. The molecule has 0 amide bonds. The Balaban J connectivity index is 2.62. The van der Waals surface area contributed by atoms with Crippen molar-refractivity contribution in [3.8, 4) is 0 Å². The number of nitrogens with zero attached hydrogens (tertiary/aromatic N) is 1. The van der Waals surface area contributed by atoms with Gasteiger partial charge in [-0.1, -0.05) is 33.6 Å². The average Bonchev–Trinajstić information content (AvgIpc) is 2.15. The minimum atomic E-state index is -0.117. The summed E-state index contributed by atoms with van der Waals surface area (Å²) in [6.07, 6.45) is 4.47. The van der Waals surface area contributed by atoms with E-state index < -0.39 is 0 Å². The molecule has 0 aromatic carbocycles. The maximum Gasteiger partial charge on any atom is 0.0695 e. The molecule has 1 aliphatic carbocycles. The molecule has 90 valence electrons. The van der Waals surface area contributed by atoms with E-state index in [1.807, 2.05) is 0 Å². The van der Waals surface area contributed by atoms with Crippen LogP contribution in [0.15, 0.2) is 0 Å². The van der Waals surface area contributed by atoms with Crippen LogP contribution in [0, 0.1) is 5.41 Å². The molecular formula is C13H27NO. The summed E-state index contributed by atoms with van der Waals surface area (Å²) in [5.41, 5.74) is 0.284. The molecule has 0 aliphatic heterocycles. The molecule has 3 unspecified atom stereocenters. The third-order valence-electron chi connectivity index (χ3n) is 4.08. The molecule has 1 fully saturated rings. The molecule has 1 N–H and O–H groups in total. The van der Waals surface area contributed by atoms with Crippen LogP contribution in [0.4, 0.5) is 0 Å². The van der Waals surface area contributed by atoms with Gasteiger partial charge in [0.1, 0.15) is 0 Å². The summed E-state index contributed by atoms with van der Waals surface area (Å²) in [6, 6.07) is 0.878. The number of hydrogen-bond donors (Lipinski definition) is 1. The number of likely N-dealkylation sites (N-methyl/N-ethyl adjacent to an activating group) is 1. The average molecular weight is 213 g/mol. The SMILES string of the molecule is CC(N(C)C1CCCCC1O)C(C)(C)C. The van der Waals surface area contributed by atoms with Crippen LogP contribution in [0.3, 0.4) is 0 Å². The lowest BCUT2D eigenvalue weighted by molar-refractivity contribution is -0.00725. The fourth-order valence-corrected chi connectivity index (χ4v) is 2.46. The van der Waals surface area contributed by atoms with Crippen molar-refractivity contribution in [2.24, 2.45) is 5.41 Å². The maximum atomic E-state index is 10.0. The van der Waals surface area contributed by atoms with E-state index in [0.29, 0.717) is 12.1 Å². The summed E-state index contributed by atoms with van der Waals surface area (Å²) in [4.78, 5) is 2.38. The second-order valence-electron chi connectivity index (χ2n) is 6.13. The first-order chi connectivity index (χ1) is 6.84. The molecule has 0 saturated heterocycles. The van der Waals surface area contributed by atoms with Crippen LogP contribution >= 0.6 is 0 Å². The standard InChI is InChI=1S/C13H27NO/c1-10(13(2,3)4)14(5)11-8-6-7-9-12(11)15/h10-12,15H,6-9H2,1-5H3. The molecule has 3 atom stereocenters. The highest BCUT2D eigenvalue weighted by atomic mass is 16.3. The van der Waals surface area contributed by atoms with Crippen molar-refractivity contribution in [3.63, 3.8) is 0 Å². The minimum Gasteiger partial charge on any atom is -0.391 e. The zero-order valence-corrected chi connectivity index (χ0v) is 11.0. The fourth-order valence-electron chi connectivity index (χ4n) is 2.46. The summed E-state index contributed by atoms with van der Waals surface area (Å²) in [5, 5.41) is 10.0. The first kappa shape index (κ1) is 13.0. The lowest BCUT2D eigenvalue weighted by Crippen LogP contribution is -2.51. The zero-order valence-electron chi connectivity index (χ0n) is 11.0. The van der Waals surface area contributed by atoms with Gasteiger partial charge in [-0.2, -0.15) is 0 Å². The van der Waals surface area contributed by atoms with E-state index in [4.69, 9.17) is 0 Å². The van der Waals surface area contributed by atoms with Crippen molar-refractivity contribution in [3.05, 3.63) is 0 Å². The van der Waals surface area contributed by atoms with Crippen molar-refractivity contribution in [2.75, 3.05) is 7.05 Å². The molecule has 0 aromatic heterocycles. The third-order valence-corrected chi connectivity index (χ3v) is 4.08. The Morgan fingerprint density at radius 3 is 2.20 bits per heavy atom. The van der Waals surface area contributed by atoms with E-state index in [1.54, 1.807) is 0 Å². The summed E-state index contributed by atoms with van der Waals surface area (Å²) in [5.74, 6) is 0. The second kappa shape index (κ2) is 4.84. The van der Waals surface area contributed by atoms with Gasteiger partial charge in [-0.05, 0) is 32.2 Å². The Labute approximate surface area is 94.7 Å². The molecule has 2 heteroatoms. The molecular weight excluding hydrogens is 186 g/mol. The van der Waals surface area contributed by atoms with Crippen LogP contribution in [0.2, 0.25) is 0 Å².